The second-order valence-corrected chi connectivity index (χ2v) is 7.88. The zero-order chi connectivity index (χ0) is 18.1. The Morgan fingerprint density at radius 3 is 2.88 bits per heavy atom. The molecule has 6 nitrogen and oxygen atoms in total. The van der Waals surface area contributed by atoms with Gasteiger partial charge >= 0.3 is 0 Å². The van der Waals surface area contributed by atoms with Gasteiger partial charge in [0.05, 0.1) is 6.54 Å². The summed E-state index contributed by atoms with van der Waals surface area (Å²) < 4.78 is 0. The molecule has 6 heteroatoms. The van der Waals surface area contributed by atoms with E-state index in [2.05, 4.69) is 28.2 Å². The summed E-state index contributed by atoms with van der Waals surface area (Å²) in [6, 6.07) is 8.21. The lowest BCUT2D eigenvalue weighted by atomic mass is 9.86. The van der Waals surface area contributed by atoms with E-state index in [0.717, 1.165) is 57.7 Å². The smallest absolute Gasteiger partial charge is 0.241 e. The number of carbonyl (C=O) groups is 2. The summed E-state index contributed by atoms with van der Waals surface area (Å²) in [6.07, 6.45) is 3.34. The highest BCUT2D eigenvalue weighted by atomic mass is 16.2. The number of anilines is 1. The number of hydrogen-bond acceptors (Lipinski definition) is 4. The van der Waals surface area contributed by atoms with Crippen molar-refractivity contribution in [3.8, 4) is 0 Å². The Bertz CT molecular complexity index is 707. The van der Waals surface area contributed by atoms with Gasteiger partial charge in [0.25, 0.3) is 0 Å². The van der Waals surface area contributed by atoms with Crippen LogP contribution < -0.4 is 10.2 Å². The fourth-order valence-corrected chi connectivity index (χ4v) is 4.69. The Morgan fingerprint density at radius 1 is 1.15 bits per heavy atom. The molecule has 3 aliphatic heterocycles. The number of fused-ring (bicyclic) bond motifs is 1. The van der Waals surface area contributed by atoms with Crippen molar-refractivity contribution in [1.82, 2.24) is 15.1 Å². The number of hydrogen-bond donors (Lipinski definition) is 1. The Balaban J connectivity index is 1.44. The third kappa shape index (κ3) is 3.23. The number of piperazine rings is 1. The molecule has 1 N–H and O–H groups in total. The minimum atomic E-state index is 0.000602. The van der Waals surface area contributed by atoms with Gasteiger partial charge in [-0.2, -0.15) is 0 Å². The minimum Gasteiger partial charge on any atom is -0.356 e. The zero-order valence-corrected chi connectivity index (χ0v) is 15.5. The van der Waals surface area contributed by atoms with Crippen molar-refractivity contribution in [2.75, 3.05) is 51.2 Å². The summed E-state index contributed by atoms with van der Waals surface area (Å²) in [5.74, 6) is 0.342. The highest BCUT2D eigenvalue weighted by Gasteiger charge is 2.41. The average molecular weight is 356 g/mol. The van der Waals surface area contributed by atoms with Gasteiger partial charge in [-0.1, -0.05) is 18.2 Å². The molecule has 0 aromatic heterocycles. The number of benzene rings is 1. The predicted molar refractivity (Wildman–Crippen MR) is 101 cm³/mol. The first-order valence-electron chi connectivity index (χ1n) is 9.66. The molecule has 1 unspecified atom stereocenters. The molecule has 1 aromatic carbocycles. The van der Waals surface area contributed by atoms with Gasteiger partial charge in [0.1, 0.15) is 0 Å². The van der Waals surface area contributed by atoms with Crippen molar-refractivity contribution >= 4 is 17.5 Å². The Hall–Kier alpha value is -1.92. The predicted octanol–water partition coefficient (Wildman–Crippen LogP) is 0.862. The van der Waals surface area contributed by atoms with Crippen LogP contribution in [0.2, 0.25) is 0 Å². The molecule has 0 saturated carbocycles. The molecule has 140 valence electrons. The van der Waals surface area contributed by atoms with Crippen molar-refractivity contribution in [3.63, 3.8) is 0 Å². The van der Waals surface area contributed by atoms with E-state index < -0.39 is 0 Å². The van der Waals surface area contributed by atoms with E-state index in [9.17, 15) is 9.59 Å². The zero-order valence-electron chi connectivity index (χ0n) is 15.5. The van der Waals surface area contributed by atoms with Crippen molar-refractivity contribution in [1.29, 1.82) is 0 Å². The first-order chi connectivity index (χ1) is 12.6. The van der Waals surface area contributed by atoms with Crippen LogP contribution >= 0.6 is 0 Å². The number of carbonyl (C=O) groups excluding carboxylic acids is 2. The van der Waals surface area contributed by atoms with E-state index in [0.29, 0.717) is 13.0 Å². The number of amides is 2. The Morgan fingerprint density at radius 2 is 2.00 bits per heavy atom. The summed E-state index contributed by atoms with van der Waals surface area (Å²) in [4.78, 5) is 31.4. The molecule has 26 heavy (non-hydrogen) atoms. The molecule has 3 heterocycles. The van der Waals surface area contributed by atoms with Crippen LogP contribution in [0.3, 0.4) is 0 Å². The number of nitrogens with one attached hydrogen (secondary N) is 1. The minimum absolute atomic E-state index is 0.000602. The summed E-state index contributed by atoms with van der Waals surface area (Å²) in [5, 5.41) is 2.99. The van der Waals surface area contributed by atoms with Gasteiger partial charge in [-0.25, -0.2) is 0 Å². The average Bonchev–Trinajstić information content (AvgIpc) is 2.98. The molecule has 2 amide bonds. The molecule has 3 aliphatic rings. The van der Waals surface area contributed by atoms with Crippen LogP contribution in [-0.2, 0) is 16.0 Å². The van der Waals surface area contributed by atoms with Gasteiger partial charge in [-0.15, -0.1) is 0 Å². The molecule has 1 aromatic rings. The molecule has 4 rings (SSSR count). The lowest BCUT2D eigenvalue weighted by molar-refractivity contribution is -0.122. The topological polar surface area (TPSA) is 55.9 Å². The molecule has 0 radical (unpaired) electrons. The molecule has 1 spiro atoms. The largest absolute Gasteiger partial charge is 0.356 e. The Kier molecular flexibility index (Phi) is 4.71. The monoisotopic (exact) mass is 356 g/mol. The van der Waals surface area contributed by atoms with E-state index >= 15 is 0 Å². The Labute approximate surface area is 155 Å². The summed E-state index contributed by atoms with van der Waals surface area (Å²) in [7, 11) is 2.16. The summed E-state index contributed by atoms with van der Waals surface area (Å²) >= 11 is 0. The molecular weight excluding hydrogens is 328 g/mol. The van der Waals surface area contributed by atoms with Gasteiger partial charge in [-0.3, -0.25) is 19.4 Å². The molecular formula is C20H28N4O2. The van der Waals surface area contributed by atoms with E-state index in [1.807, 2.05) is 23.1 Å². The quantitative estimate of drug-likeness (QED) is 0.854. The normalized spacial score (nSPS) is 27.3. The van der Waals surface area contributed by atoms with E-state index in [1.54, 1.807) is 0 Å². The van der Waals surface area contributed by atoms with Gasteiger partial charge in [0, 0.05) is 50.4 Å². The van der Waals surface area contributed by atoms with Crippen LogP contribution in [0.5, 0.6) is 0 Å². The van der Waals surface area contributed by atoms with Gasteiger partial charge < -0.3 is 10.2 Å². The third-order valence-corrected chi connectivity index (χ3v) is 6.36. The van der Waals surface area contributed by atoms with E-state index in [-0.39, 0.29) is 17.4 Å². The van der Waals surface area contributed by atoms with E-state index in [4.69, 9.17) is 0 Å². The maximum atomic E-state index is 13.0. The van der Waals surface area contributed by atoms with Crippen molar-refractivity contribution in [3.05, 3.63) is 29.8 Å². The summed E-state index contributed by atoms with van der Waals surface area (Å²) in [5.41, 5.74) is 2.34. The molecule has 0 aliphatic carbocycles. The third-order valence-electron chi connectivity index (χ3n) is 6.36. The van der Waals surface area contributed by atoms with Crippen LogP contribution in [0, 0.1) is 0 Å². The standard InChI is InChI=1S/C20H28N4O2/c1-22-12-13-23(15-20(22)8-6-18(25)21-10-9-20)14-19(26)24-11-7-16-4-2-3-5-17(16)24/h2-5H,6-15H2,1H3,(H,21,25). The molecule has 0 bridgehead atoms. The first-order valence-corrected chi connectivity index (χ1v) is 9.66. The SMILES string of the molecule is CN1CCN(CC(=O)N2CCc3ccccc32)CC12CCNC(=O)CC2. The van der Waals surface area contributed by atoms with Gasteiger partial charge in [-0.05, 0) is 37.9 Å². The number of likely N-dealkylation sites (N-methyl/N-ethyl adjacent to an activating group) is 1. The first kappa shape index (κ1) is 17.5. The van der Waals surface area contributed by atoms with Crippen molar-refractivity contribution in [2.45, 2.75) is 31.2 Å². The van der Waals surface area contributed by atoms with Crippen LogP contribution in [0.15, 0.2) is 24.3 Å². The number of para-hydroxylation sites is 1. The van der Waals surface area contributed by atoms with Gasteiger partial charge in [0.15, 0.2) is 0 Å². The molecule has 1 atom stereocenters. The van der Waals surface area contributed by atoms with E-state index in [1.165, 1.54) is 5.56 Å². The van der Waals surface area contributed by atoms with Crippen molar-refractivity contribution < 1.29 is 9.59 Å². The fraction of sp³-hybridized carbons (Fsp3) is 0.600. The van der Waals surface area contributed by atoms with Crippen LogP contribution in [0.1, 0.15) is 24.8 Å². The second-order valence-electron chi connectivity index (χ2n) is 7.88. The van der Waals surface area contributed by atoms with Gasteiger partial charge in [0.2, 0.25) is 11.8 Å². The maximum Gasteiger partial charge on any atom is 0.241 e. The number of nitrogens with zero attached hydrogens (tertiary/aromatic N) is 3. The second kappa shape index (κ2) is 7.00. The fourth-order valence-electron chi connectivity index (χ4n) is 4.69. The van der Waals surface area contributed by atoms with Crippen LogP contribution in [0.25, 0.3) is 0 Å². The van der Waals surface area contributed by atoms with Crippen molar-refractivity contribution in [2.24, 2.45) is 0 Å². The highest BCUT2D eigenvalue weighted by molar-refractivity contribution is 5.96. The highest BCUT2D eigenvalue weighted by Crippen LogP contribution is 2.31. The molecule has 2 fully saturated rings. The van der Waals surface area contributed by atoms with Crippen LogP contribution in [-0.4, -0.2) is 73.5 Å². The lowest BCUT2D eigenvalue weighted by Crippen LogP contribution is -2.62. The molecule has 2 saturated heterocycles. The number of rotatable bonds is 2. The van der Waals surface area contributed by atoms with Crippen LogP contribution in [0.4, 0.5) is 5.69 Å². The maximum absolute atomic E-state index is 13.0. The summed E-state index contributed by atoms with van der Waals surface area (Å²) in [6.45, 7) is 4.68. The lowest BCUT2D eigenvalue weighted by Gasteiger charge is -2.49.